The molecule has 0 aliphatic rings. The fourth-order valence-corrected chi connectivity index (χ4v) is 2.11. The number of imidazole rings is 1. The number of benzene rings is 1. The molecule has 0 saturated heterocycles. The van der Waals surface area contributed by atoms with Gasteiger partial charge in [-0.3, -0.25) is 4.79 Å². The van der Waals surface area contributed by atoms with Gasteiger partial charge in [0.1, 0.15) is 5.82 Å². The Morgan fingerprint density at radius 2 is 1.90 bits per heavy atom. The number of nitrogens with zero attached hydrogens (tertiary/aromatic N) is 4. The average Bonchev–Trinajstić information content (AvgIpc) is 2.77. The molecule has 0 N–H and O–H groups in total. The van der Waals surface area contributed by atoms with E-state index in [1.165, 1.54) is 0 Å². The molecule has 3 rings (SSSR count). The first kappa shape index (κ1) is 12.5. The van der Waals surface area contributed by atoms with Gasteiger partial charge in [0.15, 0.2) is 5.82 Å². The van der Waals surface area contributed by atoms with E-state index >= 15 is 0 Å². The van der Waals surface area contributed by atoms with Crippen LogP contribution in [0.2, 0.25) is 0 Å². The second kappa shape index (κ2) is 4.85. The Morgan fingerprint density at radius 3 is 2.60 bits per heavy atom. The minimum atomic E-state index is -0.122. The first-order valence-corrected chi connectivity index (χ1v) is 6.37. The van der Waals surface area contributed by atoms with Crippen molar-refractivity contribution in [1.82, 2.24) is 19.5 Å². The molecule has 0 amide bonds. The minimum absolute atomic E-state index is 0.122. The average molecular weight is 266 g/mol. The summed E-state index contributed by atoms with van der Waals surface area (Å²) < 4.78 is 1.93. The van der Waals surface area contributed by atoms with Gasteiger partial charge in [0.25, 0.3) is 0 Å². The van der Waals surface area contributed by atoms with Gasteiger partial charge in [-0.2, -0.15) is 0 Å². The summed E-state index contributed by atoms with van der Waals surface area (Å²) >= 11 is 0. The molecule has 2 aromatic heterocycles. The SMILES string of the molecule is Cc1cnc(C(=O)Cc2nc3ccccc3n2C)nc1. The van der Waals surface area contributed by atoms with Crippen molar-refractivity contribution >= 4 is 16.8 Å². The Kier molecular flexibility index (Phi) is 3.02. The first-order valence-electron chi connectivity index (χ1n) is 6.37. The third-order valence-electron chi connectivity index (χ3n) is 3.23. The zero-order valence-corrected chi connectivity index (χ0v) is 11.4. The second-order valence-electron chi connectivity index (χ2n) is 4.76. The summed E-state index contributed by atoms with van der Waals surface area (Å²) in [6.07, 6.45) is 3.50. The van der Waals surface area contributed by atoms with E-state index in [0.29, 0.717) is 0 Å². The zero-order chi connectivity index (χ0) is 14.1. The summed E-state index contributed by atoms with van der Waals surface area (Å²) in [7, 11) is 1.91. The maximum Gasteiger partial charge on any atom is 0.207 e. The van der Waals surface area contributed by atoms with E-state index in [2.05, 4.69) is 15.0 Å². The Bertz CT molecular complexity index is 774. The van der Waals surface area contributed by atoms with Crippen molar-refractivity contribution in [3.63, 3.8) is 0 Å². The molecular weight excluding hydrogens is 252 g/mol. The number of aromatic nitrogens is 4. The van der Waals surface area contributed by atoms with Gasteiger partial charge >= 0.3 is 0 Å². The number of fused-ring (bicyclic) bond motifs is 1. The van der Waals surface area contributed by atoms with Crippen molar-refractivity contribution in [2.24, 2.45) is 7.05 Å². The summed E-state index contributed by atoms with van der Waals surface area (Å²) in [5.41, 5.74) is 2.84. The van der Waals surface area contributed by atoms with Gasteiger partial charge in [0.2, 0.25) is 5.78 Å². The zero-order valence-electron chi connectivity index (χ0n) is 11.4. The molecule has 0 aliphatic heterocycles. The number of carbonyl (C=O) groups excluding carboxylic acids is 1. The fourth-order valence-electron chi connectivity index (χ4n) is 2.11. The standard InChI is InChI=1S/C15H14N4O/c1-10-8-16-15(17-9-10)13(20)7-14-18-11-5-3-4-6-12(11)19(14)2/h3-6,8-9H,7H2,1-2H3. The third-order valence-corrected chi connectivity index (χ3v) is 3.23. The van der Waals surface area contributed by atoms with Crippen LogP contribution in [0.3, 0.4) is 0 Å². The Balaban J connectivity index is 1.91. The van der Waals surface area contributed by atoms with E-state index in [0.717, 1.165) is 22.4 Å². The summed E-state index contributed by atoms with van der Waals surface area (Å²) in [6, 6.07) is 7.81. The van der Waals surface area contributed by atoms with Crippen LogP contribution in [-0.2, 0) is 13.5 Å². The van der Waals surface area contributed by atoms with Crippen molar-refractivity contribution in [3.8, 4) is 0 Å². The molecular formula is C15H14N4O. The lowest BCUT2D eigenvalue weighted by Crippen LogP contribution is -2.11. The lowest BCUT2D eigenvalue weighted by atomic mass is 10.2. The van der Waals surface area contributed by atoms with Gasteiger partial charge in [0, 0.05) is 19.4 Å². The van der Waals surface area contributed by atoms with Gasteiger partial charge in [-0.05, 0) is 24.6 Å². The third kappa shape index (κ3) is 2.18. The van der Waals surface area contributed by atoms with Gasteiger partial charge in [0.05, 0.1) is 17.5 Å². The van der Waals surface area contributed by atoms with Crippen LogP contribution < -0.4 is 0 Å². The predicted octanol–water partition coefficient (Wildman–Crippen LogP) is 2.10. The largest absolute Gasteiger partial charge is 0.331 e. The summed E-state index contributed by atoms with van der Waals surface area (Å²) in [6.45, 7) is 1.89. The van der Waals surface area contributed by atoms with Crippen LogP contribution in [-0.4, -0.2) is 25.3 Å². The molecule has 0 saturated carbocycles. The highest BCUT2D eigenvalue weighted by molar-refractivity contribution is 5.94. The molecule has 100 valence electrons. The highest BCUT2D eigenvalue weighted by Crippen LogP contribution is 2.15. The van der Waals surface area contributed by atoms with Gasteiger partial charge in [-0.1, -0.05) is 12.1 Å². The number of ketones is 1. The molecule has 0 aliphatic carbocycles. The second-order valence-corrected chi connectivity index (χ2v) is 4.76. The summed E-state index contributed by atoms with van der Waals surface area (Å²) in [4.78, 5) is 24.8. The van der Waals surface area contributed by atoms with Crippen LogP contribution in [0.15, 0.2) is 36.7 Å². The topological polar surface area (TPSA) is 60.7 Å². The van der Waals surface area contributed by atoms with Gasteiger partial charge in [-0.15, -0.1) is 0 Å². The molecule has 1 aromatic carbocycles. The van der Waals surface area contributed by atoms with Crippen LogP contribution in [0.25, 0.3) is 11.0 Å². The van der Waals surface area contributed by atoms with Gasteiger partial charge < -0.3 is 4.57 Å². The molecule has 0 atom stereocenters. The van der Waals surface area contributed by atoms with E-state index in [4.69, 9.17) is 0 Å². The number of Topliss-reactive ketones (excluding diaryl/α,β-unsaturated/α-hetero) is 1. The molecule has 3 aromatic rings. The van der Waals surface area contributed by atoms with Crippen molar-refractivity contribution < 1.29 is 4.79 Å². The molecule has 0 spiro atoms. The van der Waals surface area contributed by atoms with E-state index in [1.54, 1.807) is 12.4 Å². The molecule has 20 heavy (non-hydrogen) atoms. The van der Waals surface area contributed by atoms with Crippen molar-refractivity contribution in [2.75, 3.05) is 0 Å². The van der Waals surface area contributed by atoms with Crippen molar-refractivity contribution in [2.45, 2.75) is 13.3 Å². The predicted molar refractivity (Wildman–Crippen MR) is 75.5 cm³/mol. The Labute approximate surface area is 116 Å². The highest BCUT2D eigenvalue weighted by atomic mass is 16.1. The van der Waals surface area contributed by atoms with E-state index in [1.807, 2.05) is 42.8 Å². The van der Waals surface area contributed by atoms with Crippen LogP contribution >= 0.6 is 0 Å². The summed E-state index contributed by atoms with van der Waals surface area (Å²) in [5, 5.41) is 0. The van der Waals surface area contributed by atoms with Crippen LogP contribution in [0.1, 0.15) is 22.0 Å². The Morgan fingerprint density at radius 1 is 1.20 bits per heavy atom. The fraction of sp³-hybridized carbons (Fsp3) is 0.200. The Hall–Kier alpha value is -2.56. The number of hydrogen-bond acceptors (Lipinski definition) is 4. The van der Waals surface area contributed by atoms with Crippen molar-refractivity contribution in [3.05, 3.63) is 53.9 Å². The first-order chi connectivity index (χ1) is 9.65. The molecule has 0 unspecified atom stereocenters. The molecule has 0 bridgehead atoms. The normalized spacial score (nSPS) is 10.9. The van der Waals surface area contributed by atoms with Gasteiger partial charge in [-0.25, -0.2) is 15.0 Å². The quantitative estimate of drug-likeness (QED) is 0.681. The maximum absolute atomic E-state index is 12.2. The molecule has 5 heteroatoms. The van der Waals surface area contributed by atoms with E-state index in [9.17, 15) is 4.79 Å². The molecule has 2 heterocycles. The summed E-state index contributed by atoms with van der Waals surface area (Å²) in [5.74, 6) is 0.839. The number of rotatable bonds is 3. The minimum Gasteiger partial charge on any atom is -0.331 e. The lowest BCUT2D eigenvalue weighted by molar-refractivity contribution is 0.0980. The smallest absolute Gasteiger partial charge is 0.207 e. The lowest BCUT2D eigenvalue weighted by Gasteiger charge is -2.01. The monoisotopic (exact) mass is 266 g/mol. The van der Waals surface area contributed by atoms with E-state index in [-0.39, 0.29) is 18.0 Å². The number of aryl methyl sites for hydroxylation is 2. The number of hydrogen-bond donors (Lipinski definition) is 0. The number of carbonyl (C=O) groups is 1. The number of para-hydroxylation sites is 2. The molecule has 0 radical (unpaired) electrons. The van der Waals surface area contributed by atoms with E-state index < -0.39 is 0 Å². The van der Waals surface area contributed by atoms with Crippen LogP contribution in [0, 0.1) is 6.92 Å². The van der Waals surface area contributed by atoms with Crippen LogP contribution in [0.5, 0.6) is 0 Å². The highest BCUT2D eigenvalue weighted by Gasteiger charge is 2.15. The van der Waals surface area contributed by atoms with Crippen LogP contribution in [0.4, 0.5) is 0 Å². The maximum atomic E-state index is 12.2. The molecule has 0 fully saturated rings. The van der Waals surface area contributed by atoms with Crippen molar-refractivity contribution in [1.29, 1.82) is 0 Å². The molecule has 5 nitrogen and oxygen atoms in total.